The average molecular weight is 496 g/mol. The molecule has 0 saturated carbocycles. The Morgan fingerprint density at radius 3 is 2.56 bits per heavy atom. The Balaban J connectivity index is 1.54. The second-order valence-corrected chi connectivity index (χ2v) is 8.18. The van der Waals surface area contributed by atoms with E-state index in [-0.39, 0.29) is 24.3 Å². The zero-order valence-corrected chi connectivity index (χ0v) is 19.5. The minimum atomic E-state index is -4.46. The molecule has 0 fully saturated rings. The van der Waals surface area contributed by atoms with Crippen LogP contribution in [0.25, 0.3) is 5.82 Å². The van der Waals surface area contributed by atoms with Crippen molar-refractivity contribution in [1.29, 1.82) is 0 Å². The van der Waals surface area contributed by atoms with Gasteiger partial charge in [-0.05, 0) is 49.6 Å². The van der Waals surface area contributed by atoms with Gasteiger partial charge in [-0.2, -0.15) is 13.2 Å². The van der Waals surface area contributed by atoms with E-state index in [1.807, 2.05) is 6.92 Å². The zero-order chi connectivity index (χ0) is 25.9. The summed E-state index contributed by atoms with van der Waals surface area (Å²) in [6, 6.07) is 8.47. The highest BCUT2D eigenvalue weighted by Crippen LogP contribution is 2.33. The fourth-order valence-electron chi connectivity index (χ4n) is 3.65. The Labute approximate surface area is 205 Å². The lowest BCUT2D eigenvalue weighted by Crippen LogP contribution is -2.19. The van der Waals surface area contributed by atoms with E-state index in [2.05, 4.69) is 25.9 Å². The second-order valence-electron chi connectivity index (χ2n) is 8.18. The van der Waals surface area contributed by atoms with Crippen molar-refractivity contribution < 1.29 is 22.8 Å². The fourth-order valence-corrected chi connectivity index (χ4v) is 3.65. The molecule has 1 aliphatic rings. The van der Waals surface area contributed by atoms with Gasteiger partial charge in [-0.15, -0.1) is 0 Å². The normalized spacial score (nSPS) is 13.5. The molecule has 3 N–H and O–H groups in total. The molecule has 0 radical (unpaired) electrons. The van der Waals surface area contributed by atoms with Crippen molar-refractivity contribution in [1.82, 2.24) is 14.5 Å². The first-order chi connectivity index (χ1) is 17.1. The number of nitrogens with zero attached hydrogens (tertiary/aromatic N) is 3. The van der Waals surface area contributed by atoms with E-state index in [1.54, 1.807) is 53.5 Å². The molecule has 36 heavy (non-hydrogen) atoms. The van der Waals surface area contributed by atoms with Gasteiger partial charge >= 0.3 is 6.18 Å². The molecule has 8 nitrogen and oxygen atoms in total. The van der Waals surface area contributed by atoms with Gasteiger partial charge < -0.3 is 16.0 Å². The predicted octanol–water partition coefficient (Wildman–Crippen LogP) is 5.43. The molecule has 0 bridgehead atoms. The first-order valence-electron chi connectivity index (χ1n) is 11.0. The van der Waals surface area contributed by atoms with Crippen LogP contribution in [0.5, 0.6) is 0 Å². The van der Waals surface area contributed by atoms with Crippen LogP contribution in [0, 0.1) is 6.92 Å². The standard InChI is InChI=1S/C25H23F3N6O2/c1-15-6-7-19(32-23(36)17-4-3-5-18(12-17)25(26,27)28)13-21(15)33-24-30-10-11-34(24)22-14-20(8-9-29-22)31-16(2)35/h4,6-14H,3,5H2,1-2H3,(H,30,33)(H,32,36)(H,29,31,35). The molecule has 2 heterocycles. The van der Waals surface area contributed by atoms with Crippen LogP contribution in [-0.2, 0) is 9.59 Å². The van der Waals surface area contributed by atoms with Crippen molar-refractivity contribution in [2.75, 3.05) is 16.0 Å². The molecule has 0 atom stereocenters. The summed E-state index contributed by atoms with van der Waals surface area (Å²) in [5.41, 5.74) is 1.72. The average Bonchev–Trinajstić information content (AvgIpc) is 3.29. The topological polar surface area (TPSA) is 101 Å². The van der Waals surface area contributed by atoms with E-state index in [0.29, 0.717) is 28.8 Å². The predicted molar refractivity (Wildman–Crippen MR) is 130 cm³/mol. The fraction of sp³-hybridized carbons (Fsp3) is 0.200. The van der Waals surface area contributed by atoms with Gasteiger partial charge in [-0.25, -0.2) is 9.97 Å². The van der Waals surface area contributed by atoms with Gasteiger partial charge in [0.2, 0.25) is 11.9 Å². The summed E-state index contributed by atoms with van der Waals surface area (Å²) in [5.74, 6) is 0.119. The van der Waals surface area contributed by atoms with Gasteiger partial charge in [0, 0.05) is 59.8 Å². The summed E-state index contributed by atoms with van der Waals surface area (Å²) in [5, 5.41) is 8.57. The number of rotatable bonds is 6. The first kappa shape index (κ1) is 24.7. The number of carbonyl (C=O) groups is 2. The molecule has 4 rings (SSSR count). The number of allylic oxidation sites excluding steroid dienone is 2. The molecule has 0 aliphatic heterocycles. The molecule has 1 aliphatic carbocycles. The maximum absolute atomic E-state index is 13.0. The summed E-state index contributed by atoms with van der Waals surface area (Å²) in [6.07, 6.45) is 2.77. The van der Waals surface area contributed by atoms with Crippen molar-refractivity contribution in [2.24, 2.45) is 0 Å². The van der Waals surface area contributed by atoms with Crippen molar-refractivity contribution in [3.05, 3.63) is 77.8 Å². The van der Waals surface area contributed by atoms with Crippen LogP contribution in [0.1, 0.15) is 25.3 Å². The van der Waals surface area contributed by atoms with E-state index in [0.717, 1.165) is 11.6 Å². The number of aryl methyl sites for hydroxylation is 1. The van der Waals surface area contributed by atoms with Crippen LogP contribution < -0.4 is 16.0 Å². The second kappa shape index (κ2) is 10.1. The van der Waals surface area contributed by atoms with E-state index in [1.165, 1.54) is 13.0 Å². The summed E-state index contributed by atoms with van der Waals surface area (Å²) in [7, 11) is 0. The molecule has 0 spiro atoms. The van der Waals surface area contributed by atoms with Crippen LogP contribution in [0.4, 0.5) is 36.2 Å². The summed E-state index contributed by atoms with van der Waals surface area (Å²) >= 11 is 0. The molecular weight excluding hydrogens is 473 g/mol. The van der Waals surface area contributed by atoms with Crippen molar-refractivity contribution in [3.8, 4) is 5.82 Å². The molecule has 2 aromatic heterocycles. The minimum Gasteiger partial charge on any atom is -0.326 e. The third kappa shape index (κ3) is 5.80. The number of nitrogens with one attached hydrogen (secondary N) is 3. The number of benzene rings is 1. The van der Waals surface area contributed by atoms with E-state index in [9.17, 15) is 22.8 Å². The van der Waals surface area contributed by atoms with E-state index < -0.39 is 17.7 Å². The number of alkyl halides is 3. The third-order valence-corrected chi connectivity index (χ3v) is 5.43. The molecule has 0 unspecified atom stereocenters. The Bertz CT molecular complexity index is 1370. The Hall–Kier alpha value is -4.41. The molecule has 0 saturated heterocycles. The van der Waals surface area contributed by atoms with Crippen LogP contribution in [0.3, 0.4) is 0 Å². The molecule has 186 valence electrons. The number of hydrogen-bond donors (Lipinski definition) is 3. The lowest BCUT2D eigenvalue weighted by molar-refractivity contribution is -0.114. The number of imidazole rings is 1. The number of aromatic nitrogens is 3. The van der Waals surface area contributed by atoms with Crippen LogP contribution in [0.2, 0.25) is 0 Å². The molecule has 11 heteroatoms. The number of pyridine rings is 1. The quantitative estimate of drug-likeness (QED) is 0.423. The highest BCUT2D eigenvalue weighted by atomic mass is 19.4. The van der Waals surface area contributed by atoms with Gasteiger partial charge in [0.15, 0.2) is 0 Å². The number of hydrogen-bond acceptors (Lipinski definition) is 5. The maximum atomic E-state index is 13.0. The van der Waals surface area contributed by atoms with Gasteiger partial charge in [0.25, 0.3) is 5.91 Å². The van der Waals surface area contributed by atoms with E-state index >= 15 is 0 Å². The summed E-state index contributed by atoms with van der Waals surface area (Å²) in [4.78, 5) is 32.7. The van der Waals surface area contributed by atoms with Crippen LogP contribution in [0.15, 0.2) is 72.2 Å². The zero-order valence-electron chi connectivity index (χ0n) is 19.5. The summed E-state index contributed by atoms with van der Waals surface area (Å²) < 4.78 is 40.8. The number of amides is 2. The monoisotopic (exact) mass is 496 g/mol. The Morgan fingerprint density at radius 2 is 1.81 bits per heavy atom. The number of carbonyl (C=O) groups excluding carboxylic acids is 2. The van der Waals surface area contributed by atoms with Crippen LogP contribution >= 0.6 is 0 Å². The van der Waals surface area contributed by atoms with Crippen molar-refractivity contribution >= 4 is 34.8 Å². The van der Waals surface area contributed by atoms with Gasteiger partial charge in [-0.3, -0.25) is 14.2 Å². The molecule has 2 amide bonds. The largest absolute Gasteiger partial charge is 0.412 e. The van der Waals surface area contributed by atoms with Gasteiger partial charge in [-0.1, -0.05) is 12.1 Å². The molecule has 1 aromatic carbocycles. The van der Waals surface area contributed by atoms with Gasteiger partial charge in [0.1, 0.15) is 5.82 Å². The minimum absolute atomic E-state index is 0.0238. The first-order valence-corrected chi connectivity index (χ1v) is 11.0. The number of anilines is 4. The maximum Gasteiger partial charge on any atom is 0.412 e. The highest BCUT2D eigenvalue weighted by Gasteiger charge is 2.34. The Kier molecular flexibility index (Phi) is 6.91. The lowest BCUT2D eigenvalue weighted by Gasteiger charge is -2.17. The van der Waals surface area contributed by atoms with Crippen molar-refractivity contribution in [3.63, 3.8) is 0 Å². The van der Waals surface area contributed by atoms with Crippen molar-refractivity contribution in [2.45, 2.75) is 32.9 Å². The van der Waals surface area contributed by atoms with E-state index in [4.69, 9.17) is 0 Å². The van der Waals surface area contributed by atoms with Gasteiger partial charge in [0.05, 0.1) is 0 Å². The Morgan fingerprint density at radius 1 is 1.03 bits per heavy atom. The molecular formula is C25H23F3N6O2. The highest BCUT2D eigenvalue weighted by molar-refractivity contribution is 6.06. The number of halogens is 3. The summed E-state index contributed by atoms with van der Waals surface area (Å²) in [6.45, 7) is 3.27. The molecule has 3 aromatic rings. The lowest BCUT2D eigenvalue weighted by atomic mass is 9.98. The SMILES string of the molecule is CC(=O)Nc1ccnc(-n2ccnc2Nc2cc(NC(=O)C3=CCCC(C(F)(F)F)=C3)ccc2C)c1. The van der Waals surface area contributed by atoms with Crippen LogP contribution in [-0.4, -0.2) is 32.5 Å². The third-order valence-electron chi connectivity index (χ3n) is 5.43. The smallest absolute Gasteiger partial charge is 0.326 e.